The smallest absolute Gasteiger partial charge is 0.354 e. The topological polar surface area (TPSA) is 61.8 Å². The van der Waals surface area contributed by atoms with E-state index in [2.05, 4.69) is 13.2 Å². The highest BCUT2D eigenvalue weighted by Gasteiger charge is 2.50. The molecule has 0 spiro atoms. The number of esters is 2. The molecular formula is C12H14O5. The Morgan fingerprint density at radius 3 is 2.12 bits per heavy atom. The third-order valence-electron chi connectivity index (χ3n) is 2.03. The lowest BCUT2D eigenvalue weighted by molar-refractivity contribution is -0.179. The maximum absolute atomic E-state index is 11.8. The molecule has 0 amide bonds. The summed E-state index contributed by atoms with van der Waals surface area (Å²) in [6.45, 7) is 6.99. The van der Waals surface area contributed by atoms with Crippen LogP contribution in [0.1, 0.15) is 0 Å². The first kappa shape index (κ1) is 13.2. The molecule has 0 saturated heterocycles. The number of carbonyl (C=O) groups excluding carboxylic acids is 2. The van der Waals surface area contributed by atoms with Crippen LogP contribution in [0.4, 0.5) is 0 Å². The highest BCUT2D eigenvalue weighted by Crippen LogP contribution is 2.23. The van der Waals surface area contributed by atoms with E-state index in [9.17, 15) is 9.59 Å². The van der Waals surface area contributed by atoms with Crippen molar-refractivity contribution >= 4 is 11.9 Å². The Kier molecular flexibility index (Phi) is 4.66. The maximum Gasteiger partial charge on any atom is 0.354 e. The summed E-state index contributed by atoms with van der Waals surface area (Å²) in [5.41, 5.74) is -1.79. The Hall–Kier alpha value is -1.88. The van der Waals surface area contributed by atoms with Crippen molar-refractivity contribution in [3.63, 3.8) is 0 Å². The van der Waals surface area contributed by atoms with E-state index in [4.69, 9.17) is 14.2 Å². The minimum absolute atomic E-state index is 0.00647. The van der Waals surface area contributed by atoms with Gasteiger partial charge in [0.1, 0.15) is 13.2 Å². The minimum Gasteiger partial charge on any atom is -0.459 e. The van der Waals surface area contributed by atoms with Crippen LogP contribution in [-0.4, -0.2) is 37.4 Å². The van der Waals surface area contributed by atoms with Gasteiger partial charge in [0.05, 0.1) is 6.61 Å². The van der Waals surface area contributed by atoms with E-state index in [1.54, 1.807) is 6.08 Å². The lowest BCUT2D eigenvalue weighted by Gasteiger charge is -2.22. The average Bonchev–Trinajstić information content (AvgIpc) is 2.83. The standard InChI is InChI=1S/C12H14O5/c1-3-7-15-10(13)12(6-5-9-17-12)11(14)16-8-4-2/h3-6H,1-2,7-9H2. The fourth-order valence-corrected chi connectivity index (χ4v) is 1.26. The van der Waals surface area contributed by atoms with Crippen LogP contribution in [0.25, 0.3) is 0 Å². The van der Waals surface area contributed by atoms with Gasteiger partial charge < -0.3 is 14.2 Å². The molecule has 0 bridgehead atoms. The van der Waals surface area contributed by atoms with Gasteiger partial charge in [0.15, 0.2) is 0 Å². The maximum atomic E-state index is 11.8. The van der Waals surface area contributed by atoms with Gasteiger partial charge in [-0.25, -0.2) is 9.59 Å². The molecule has 17 heavy (non-hydrogen) atoms. The third-order valence-corrected chi connectivity index (χ3v) is 2.03. The lowest BCUT2D eigenvalue weighted by atomic mass is 10.1. The molecule has 1 aliphatic rings. The molecule has 0 saturated carbocycles. The van der Waals surface area contributed by atoms with Crippen LogP contribution in [0.2, 0.25) is 0 Å². The zero-order valence-corrected chi connectivity index (χ0v) is 9.39. The van der Waals surface area contributed by atoms with E-state index in [0.717, 1.165) is 0 Å². The van der Waals surface area contributed by atoms with Crippen molar-refractivity contribution in [3.8, 4) is 0 Å². The molecule has 0 aromatic heterocycles. The third kappa shape index (κ3) is 2.82. The van der Waals surface area contributed by atoms with Crippen molar-refractivity contribution in [2.24, 2.45) is 0 Å². The van der Waals surface area contributed by atoms with E-state index in [1.807, 2.05) is 0 Å². The van der Waals surface area contributed by atoms with Gasteiger partial charge >= 0.3 is 11.9 Å². The number of carbonyl (C=O) groups is 2. The summed E-state index contributed by atoms with van der Waals surface area (Å²) >= 11 is 0. The molecule has 0 N–H and O–H groups in total. The molecular weight excluding hydrogens is 224 g/mol. The summed E-state index contributed by atoms with van der Waals surface area (Å²) in [4.78, 5) is 23.5. The molecule has 5 heteroatoms. The molecule has 0 atom stereocenters. The molecule has 0 aromatic carbocycles. The van der Waals surface area contributed by atoms with E-state index in [0.29, 0.717) is 0 Å². The Bertz CT molecular complexity index is 332. The van der Waals surface area contributed by atoms with Crippen LogP contribution >= 0.6 is 0 Å². The van der Waals surface area contributed by atoms with Crippen molar-refractivity contribution in [2.45, 2.75) is 5.60 Å². The summed E-state index contributed by atoms with van der Waals surface area (Å²) in [6.07, 6.45) is 5.70. The molecule has 1 rings (SSSR count). The van der Waals surface area contributed by atoms with Crippen molar-refractivity contribution in [1.29, 1.82) is 0 Å². The molecule has 0 aliphatic carbocycles. The van der Waals surface area contributed by atoms with E-state index in [1.165, 1.54) is 18.2 Å². The first-order valence-electron chi connectivity index (χ1n) is 5.05. The second-order valence-electron chi connectivity index (χ2n) is 3.22. The summed E-state index contributed by atoms with van der Waals surface area (Å²) < 4.78 is 14.8. The SMILES string of the molecule is C=CCOC(=O)C1(C(=O)OCC=C)C=CCO1. The van der Waals surface area contributed by atoms with Crippen LogP contribution in [0.3, 0.4) is 0 Å². The largest absolute Gasteiger partial charge is 0.459 e. The number of ether oxygens (including phenoxy) is 3. The van der Waals surface area contributed by atoms with Crippen molar-refractivity contribution < 1.29 is 23.8 Å². The summed E-state index contributed by atoms with van der Waals surface area (Å²) in [5, 5.41) is 0. The van der Waals surface area contributed by atoms with Crippen molar-refractivity contribution in [3.05, 3.63) is 37.5 Å². The van der Waals surface area contributed by atoms with Crippen LogP contribution in [0, 0.1) is 0 Å². The van der Waals surface area contributed by atoms with Gasteiger partial charge in [-0.15, -0.1) is 0 Å². The monoisotopic (exact) mass is 238 g/mol. The Morgan fingerprint density at radius 1 is 1.24 bits per heavy atom. The normalized spacial score (nSPS) is 16.2. The fourth-order valence-electron chi connectivity index (χ4n) is 1.26. The quantitative estimate of drug-likeness (QED) is 0.388. The van der Waals surface area contributed by atoms with Crippen molar-refractivity contribution in [2.75, 3.05) is 19.8 Å². The predicted octanol–water partition coefficient (Wildman–Crippen LogP) is 0.770. The molecule has 0 fully saturated rings. The van der Waals surface area contributed by atoms with Gasteiger partial charge in [0.25, 0.3) is 5.60 Å². The molecule has 0 aromatic rings. The van der Waals surface area contributed by atoms with Gasteiger partial charge in [0, 0.05) is 0 Å². The predicted molar refractivity (Wildman–Crippen MR) is 60.1 cm³/mol. The number of hydrogen-bond donors (Lipinski definition) is 0. The summed E-state index contributed by atoms with van der Waals surface area (Å²) in [7, 11) is 0. The minimum atomic E-state index is -1.79. The van der Waals surface area contributed by atoms with E-state index in [-0.39, 0.29) is 19.8 Å². The second kappa shape index (κ2) is 6.00. The second-order valence-corrected chi connectivity index (χ2v) is 3.22. The van der Waals surface area contributed by atoms with Gasteiger partial charge in [-0.3, -0.25) is 0 Å². The first-order valence-corrected chi connectivity index (χ1v) is 5.05. The highest BCUT2D eigenvalue weighted by atomic mass is 16.6. The van der Waals surface area contributed by atoms with Gasteiger partial charge in [-0.2, -0.15) is 0 Å². The van der Waals surface area contributed by atoms with E-state index < -0.39 is 17.5 Å². The fraction of sp³-hybridized carbons (Fsp3) is 0.333. The molecule has 1 aliphatic heterocycles. The van der Waals surface area contributed by atoms with Gasteiger partial charge in [-0.1, -0.05) is 31.4 Å². The van der Waals surface area contributed by atoms with Crippen molar-refractivity contribution in [1.82, 2.24) is 0 Å². The highest BCUT2D eigenvalue weighted by molar-refractivity contribution is 6.06. The van der Waals surface area contributed by atoms with Crippen LogP contribution < -0.4 is 0 Å². The average molecular weight is 238 g/mol. The Balaban J connectivity index is 2.78. The Labute approximate surface area is 99.3 Å². The Morgan fingerprint density at radius 2 is 1.76 bits per heavy atom. The van der Waals surface area contributed by atoms with Crippen LogP contribution in [0.15, 0.2) is 37.5 Å². The number of hydrogen-bond acceptors (Lipinski definition) is 5. The number of rotatable bonds is 6. The molecule has 0 unspecified atom stereocenters. The van der Waals surface area contributed by atoms with Crippen LogP contribution in [0.5, 0.6) is 0 Å². The lowest BCUT2D eigenvalue weighted by Crippen LogP contribution is -2.47. The summed E-state index contributed by atoms with van der Waals surface area (Å²) in [5.74, 6) is -1.61. The van der Waals surface area contributed by atoms with Gasteiger partial charge in [0.2, 0.25) is 0 Å². The summed E-state index contributed by atoms with van der Waals surface area (Å²) in [6, 6.07) is 0. The molecule has 1 heterocycles. The molecule has 92 valence electrons. The van der Waals surface area contributed by atoms with Crippen LogP contribution in [-0.2, 0) is 23.8 Å². The molecule has 5 nitrogen and oxygen atoms in total. The zero-order chi connectivity index (χ0) is 12.7. The van der Waals surface area contributed by atoms with E-state index >= 15 is 0 Å². The first-order chi connectivity index (χ1) is 8.17. The molecule has 0 radical (unpaired) electrons. The zero-order valence-electron chi connectivity index (χ0n) is 9.39. The van der Waals surface area contributed by atoms with Gasteiger partial charge in [-0.05, 0) is 6.08 Å².